The molecule has 9 N–H and O–H groups in total. The third-order valence-electron chi connectivity index (χ3n) is 6.41. The maximum Gasteiger partial charge on any atom is 0.350 e. The van der Waals surface area contributed by atoms with Crippen LogP contribution in [0.5, 0.6) is 11.5 Å². The summed E-state index contributed by atoms with van der Waals surface area (Å²) in [5, 5.41) is 52.9. The van der Waals surface area contributed by atoms with E-state index in [2.05, 4.69) is 20.9 Å². The largest absolute Gasteiger partial charge is 0.504 e. The van der Waals surface area contributed by atoms with Gasteiger partial charge in [-0.15, -0.1) is 11.3 Å². The van der Waals surface area contributed by atoms with Gasteiger partial charge in [-0.2, -0.15) is 0 Å². The van der Waals surface area contributed by atoms with Gasteiger partial charge in [0.15, 0.2) is 22.3 Å². The SMILES string of the molecule is Nc1nc(/C(=N/O[C@H](CO)C(=O)O)C(=O)N[C@@H]2C(=O)N(CC(=O)O)[C@@H]2SN2CCN(NC(=O)C(=O)c3ccc(O)c(O)c3Cl)C2=O)cs1. The van der Waals surface area contributed by atoms with Crippen LogP contribution in [0.4, 0.5) is 9.93 Å². The number of thiazole rings is 1. The fraction of sp³-hybridized carbons (Fsp3) is 0.292. The summed E-state index contributed by atoms with van der Waals surface area (Å²) in [6.07, 6.45) is -1.87. The summed E-state index contributed by atoms with van der Waals surface area (Å²) in [4.78, 5) is 96.6. The number of nitrogens with one attached hydrogen (secondary N) is 2. The van der Waals surface area contributed by atoms with Gasteiger partial charge in [-0.1, -0.05) is 16.8 Å². The highest BCUT2D eigenvalue weighted by atomic mass is 35.5. The van der Waals surface area contributed by atoms with Gasteiger partial charge in [-0.05, 0) is 24.1 Å². The molecule has 3 heterocycles. The standard InChI is InChI=1S/C24H23ClN8O13S2/c25-13-8(1-2-10(35)17(13)39)16(38)19(41)29-32-3-4-33(24(32)45)48-21-15(20(42)31(21)5-12(36)37)28-18(40)14(9-7-47-23(26)27-9)30-46-11(6-34)22(43)44/h1-2,7,11,15,21,34-35,39H,3-6H2,(H2,26,27)(H,28,40)(H,29,41)(H,36,37)(H,43,44)/b30-14-/t11-,15-,21-/m1/s1. The third kappa shape index (κ3) is 7.43. The van der Waals surface area contributed by atoms with E-state index in [1.54, 1.807) is 0 Å². The minimum Gasteiger partial charge on any atom is -0.504 e. The topological polar surface area (TPSA) is 315 Å². The van der Waals surface area contributed by atoms with Crippen molar-refractivity contribution in [3.63, 3.8) is 0 Å². The maximum atomic E-state index is 13.3. The van der Waals surface area contributed by atoms with E-state index < -0.39 is 99.9 Å². The van der Waals surface area contributed by atoms with Crippen LogP contribution in [-0.4, -0.2) is 136 Å². The molecule has 24 heteroatoms. The van der Waals surface area contributed by atoms with Gasteiger partial charge in [-0.25, -0.2) is 19.6 Å². The smallest absolute Gasteiger partial charge is 0.350 e. The quantitative estimate of drug-likeness (QED) is 0.0198. The molecule has 0 saturated carbocycles. The molecular weight excluding hydrogens is 708 g/mol. The zero-order chi connectivity index (χ0) is 35.4. The number of phenolic OH excluding ortho intramolecular Hbond substituents is 2. The molecule has 2 aliphatic heterocycles. The molecule has 2 aromatic rings. The molecule has 0 spiro atoms. The number of rotatable bonds is 14. The molecule has 4 rings (SSSR count). The Morgan fingerprint density at radius 2 is 1.88 bits per heavy atom. The predicted octanol–water partition coefficient (Wildman–Crippen LogP) is -2.01. The lowest BCUT2D eigenvalue weighted by atomic mass is 10.1. The third-order valence-corrected chi connectivity index (χ3v) is 8.81. The molecular formula is C24H23ClN8O13S2. The number of β-lactam (4-membered cyclic amide) rings is 1. The maximum absolute atomic E-state index is 13.3. The van der Waals surface area contributed by atoms with E-state index in [0.29, 0.717) is 11.9 Å². The molecule has 5 amide bonds. The van der Waals surface area contributed by atoms with Gasteiger partial charge in [0.25, 0.3) is 11.7 Å². The number of aliphatic hydroxyl groups is 1. The molecule has 0 aliphatic carbocycles. The number of carboxylic acid groups (broad SMARTS) is 2. The van der Waals surface area contributed by atoms with E-state index in [9.17, 15) is 54.0 Å². The molecule has 2 fully saturated rings. The van der Waals surface area contributed by atoms with Crippen LogP contribution in [0.25, 0.3) is 0 Å². The van der Waals surface area contributed by atoms with Gasteiger partial charge in [0.2, 0.25) is 12.0 Å². The highest BCUT2D eigenvalue weighted by molar-refractivity contribution is 7.98. The van der Waals surface area contributed by atoms with Gasteiger partial charge in [0.05, 0.1) is 30.3 Å². The van der Waals surface area contributed by atoms with E-state index in [-0.39, 0.29) is 23.9 Å². The van der Waals surface area contributed by atoms with Gasteiger partial charge in [0.1, 0.15) is 23.7 Å². The number of phenols is 2. The molecule has 48 heavy (non-hydrogen) atoms. The van der Waals surface area contributed by atoms with Crippen molar-refractivity contribution in [2.24, 2.45) is 5.16 Å². The number of carbonyl (C=O) groups is 7. The number of urea groups is 1. The summed E-state index contributed by atoms with van der Waals surface area (Å²) < 4.78 is 1.02. The van der Waals surface area contributed by atoms with Crippen LogP contribution in [-0.2, 0) is 28.8 Å². The molecule has 21 nitrogen and oxygen atoms in total. The minimum absolute atomic E-state index is 0.0153. The average Bonchev–Trinajstić information content (AvgIpc) is 3.62. The number of amides is 5. The number of anilines is 1. The number of carbonyl (C=O) groups excluding carboxylic acids is 5. The minimum atomic E-state index is -1.87. The first-order chi connectivity index (χ1) is 22.6. The summed E-state index contributed by atoms with van der Waals surface area (Å²) in [7, 11) is 0. The number of halogens is 1. The fourth-order valence-corrected chi connectivity index (χ4v) is 6.07. The van der Waals surface area contributed by atoms with Gasteiger partial charge in [0, 0.05) is 5.38 Å². The highest BCUT2D eigenvalue weighted by Crippen LogP contribution is 2.36. The van der Waals surface area contributed by atoms with Crippen molar-refractivity contribution in [2.75, 3.05) is 32.0 Å². The summed E-state index contributed by atoms with van der Waals surface area (Å²) in [5.74, 6) is -9.12. The van der Waals surface area contributed by atoms with Crippen LogP contribution in [0.15, 0.2) is 22.7 Å². The Labute approximate surface area is 280 Å². The second-order valence-electron chi connectivity index (χ2n) is 9.53. The highest BCUT2D eigenvalue weighted by Gasteiger charge is 2.52. The number of ketones is 1. The first kappa shape index (κ1) is 35.5. The summed E-state index contributed by atoms with van der Waals surface area (Å²) >= 11 is 7.34. The first-order valence-electron chi connectivity index (χ1n) is 13.1. The number of hydrogen-bond donors (Lipinski definition) is 8. The number of oxime groups is 1. The number of carboxylic acids is 2. The first-order valence-corrected chi connectivity index (χ1v) is 15.2. The molecule has 2 aliphatic rings. The van der Waals surface area contributed by atoms with Crippen LogP contribution < -0.4 is 16.5 Å². The van der Waals surface area contributed by atoms with Crippen LogP contribution in [0.1, 0.15) is 16.1 Å². The Morgan fingerprint density at radius 3 is 2.48 bits per heavy atom. The lowest BCUT2D eigenvalue weighted by Gasteiger charge is -2.46. The van der Waals surface area contributed by atoms with E-state index in [1.165, 1.54) is 5.38 Å². The van der Waals surface area contributed by atoms with E-state index >= 15 is 0 Å². The molecule has 256 valence electrons. The van der Waals surface area contributed by atoms with Gasteiger partial charge in [-0.3, -0.25) is 33.7 Å². The number of aromatic nitrogens is 1. The number of likely N-dealkylation sites (tertiary alicyclic amines) is 1. The molecule has 0 bridgehead atoms. The molecule has 1 aromatic heterocycles. The number of nitrogen functional groups attached to an aromatic ring is 1. The summed E-state index contributed by atoms with van der Waals surface area (Å²) in [6, 6.07) is -0.471. The monoisotopic (exact) mass is 730 g/mol. The fourth-order valence-electron chi connectivity index (χ4n) is 4.05. The van der Waals surface area contributed by atoms with Crippen molar-refractivity contribution < 1.29 is 63.9 Å². The molecule has 2 saturated heterocycles. The van der Waals surface area contributed by atoms with Crippen molar-refractivity contribution in [3.05, 3.63) is 33.8 Å². The predicted molar refractivity (Wildman–Crippen MR) is 161 cm³/mol. The van der Waals surface area contributed by atoms with Crippen LogP contribution in [0, 0.1) is 0 Å². The van der Waals surface area contributed by atoms with Gasteiger partial charge < -0.3 is 46.3 Å². The average molecular weight is 731 g/mol. The van der Waals surface area contributed by atoms with E-state index in [0.717, 1.165) is 37.7 Å². The number of aliphatic hydroxyl groups excluding tert-OH is 1. The van der Waals surface area contributed by atoms with E-state index in [4.69, 9.17) is 27.3 Å². The lowest BCUT2D eigenvalue weighted by Crippen LogP contribution is -2.71. The summed E-state index contributed by atoms with van der Waals surface area (Å²) in [5.41, 5.74) is 6.40. The number of hydrogen-bond acceptors (Lipinski definition) is 16. The Hall–Kier alpha value is -5.39. The van der Waals surface area contributed by atoms with Crippen molar-refractivity contribution >= 4 is 87.2 Å². The number of Topliss-reactive ketones (excluding diaryl/α,β-unsaturated/α-hetero) is 1. The van der Waals surface area contributed by atoms with Crippen molar-refractivity contribution in [1.29, 1.82) is 0 Å². The van der Waals surface area contributed by atoms with Crippen LogP contribution in [0.2, 0.25) is 5.02 Å². The van der Waals surface area contributed by atoms with Gasteiger partial charge >= 0.3 is 23.9 Å². The molecule has 1 aromatic carbocycles. The molecule has 0 radical (unpaired) electrons. The zero-order valence-electron chi connectivity index (χ0n) is 23.8. The Balaban J connectivity index is 1.48. The van der Waals surface area contributed by atoms with Crippen LogP contribution >= 0.6 is 34.9 Å². The number of benzene rings is 1. The summed E-state index contributed by atoms with van der Waals surface area (Å²) in [6.45, 7) is -2.16. The lowest BCUT2D eigenvalue weighted by molar-refractivity contribution is -0.155. The number of nitrogens with zero attached hydrogens (tertiary/aromatic N) is 5. The Morgan fingerprint density at radius 1 is 1.17 bits per heavy atom. The second kappa shape index (κ2) is 14.6. The van der Waals surface area contributed by atoms with Crippen molar-refractivity contribution in [1.82, 2.24) is 29.9 Å². The molecule has 0 unspecified atom stereocenters. The number of hydrazine groups is 1. The van der Waals surface area contributed by atoms with Crippen molar-refractivity contribution in [2.45, 2.75) is 17.5 Å². The number of aromatic hydroxyl groups is 2. The normalized spacial score (nSPS) is 18.3. The number of aliphatic carboxylic acids is 2. The Bertz CT molecular complexity index is 1720. The van der Waals surface area contributed by atoms with Crippen LogP contribution in [0.3, 0.4) is 0 Å². The van der Waals surface area contributed by atoms with E-state index in [1.807, 2.05) is 0 Å². The Kier molecular flexibility index (Phi) is 10.8. The second-order valence-corrected chi connectivity index (χ2v) is 11.9. The number of nitrogens with two attached hydrogens (primary N) is 1. The zero-order valence-corrected chi connectivity index (χ0v) is 26.2. The van der Waals surface area contributed by atoms with Crippen molar-refractivity contribution in [3.8, 4) is 11.5 Å². The molecule has 3 atom stereocenters.